The molecule has 0 aromatic rings. The number of hydrogen-bond donors (Lipinski definition) is 1. The maximum absolute atomic E-state index is 3.71. The second-order valence-corrected chi connectivity index (χ2v) is 6.87. The van der Waals surface area contributed by atoms with E-state index in [-0.39, 0.29) is 0 Å². The van der Waals surface area contributed by atoms with Gasteiger partial charge in [-0.3, -0.25) is 4.90 Å². The molecule has 1 saturated carbocycles. The minimum absolute atomic E-state index is 0.295. The first kappa shape index (κ1) is 13.4. The third kappa shape index (κ3) is 3.23. The van der Waals surface area contributed by atoms with Gasteiger partial charge in [0.1, 0.15) is 0 Å². The summed E-state index contributed by atoms with van der Waals surface area (Å²) in [5.74, 6) is 2.05. The van der Waals surface area contributed by atoms with Crippen LogP contribution in [0.3, 0.4) is 0 Å². The van der Waals surface area contributed by atoms with Gasteiger partial charge < -0.3 is 5.32 Å². The van der Waals surface area contributed by atoms with Crippen molar-refractivity contribution < 1.29 is 0 Å². The van der Waals surface area contributed by atoms with Gasteiger partial charge >= 0.3 is 0 Å². The number of rotatable bonds is 5. The number of fused-ring (bicyclic) bond motifs is 1. The highest BCUT2D eigenvalue weighted by atomic mass is 15.2. The second kappa shape index (κ2) is 5.27. The zero-order chi connectivity index (χ0) is 12.5. The van der Waals surface area contributed by atoms with Crippen molar-refractivity contribution in [3.63, 3.8) is 0 Å². The van der Waals surface area contributed by atoms with E-state index < -0.39 is 0 Å². The molecular formula is C15H30N2. The van der Waals surface area contributed by atoms with Crippen molar-refractivity contribution in [3.8, 4) is 0 Å². The van der Waals surface area contributed by atoms with Crippen molar-refractivity contribution in [2.45, 2.75) is 65.0 Å². The first-order valence-electron chi connectivity index (χ1n) is 7.51. The average molecular weight is 238 g/mol. The molecule has 0 bridgehead atoms. The lowest BCUT2D eigenvalue weighted by Gasteiger charge is -2.31. The van der Waals surface area contributed by atoms with Gasteiger partial charge in [-0.1, -0.05) is 13.3 Å². The largest absolute Gasteiger partial charge is 0.310 e. The molecule has 0 spiro atoms. The van der Waals surface area contributed by atoms with Gasteiger partial charge in [-0.2, -0.15) is 0 Å². The van der Waals surface area contributed by atoms with Crippen LogP contribution in [0.5, 0.6) is 0 Å². The molecule has 0 amide bonds. The number of nitrogens with zero attached hydrogens (tertiary/aromatic N) is 1. The Morgan fingerprint density at radius 1 is 1.24 bits per heavy atom. The number of hydrogen-bond acceptors (Lipinski definition) is 2. The molecule has 1 saturated heterocycles. The Labute approximate surface area is 107 Å². The molecule has 2 aliphatic rings. The van der Waals surface area contributed by atoms with Crippen LogP contribution in [0.4, 0.5) is 0 Å². The fourth-order valence-electron chi connectivity index (χ4n) is 3.31. The fourth-order valence-corrected chi connectivity index (χ4v) is 3.31. The molecule has 0 aromatic carbocycles. The second-order valence-electron chi connectivity index (χ2n) is 6.87. The summed E-state index contributed by atoms with van der Waals surface area (Å²) in [7, 11) is 0. The van der Waals surface area contributed by atoms with E-state index >= 15 is 0 Å². The molecule has 3 atom stereocenters. The van der Waals surface area contributed by atoms with Crippen molar-refractivity contribution in [1.29, 1.82) is 0 Å². The molecule has 1 aliphatic heterocycles. The lowest BCUT2D eigenvalue weighted by molar-refractivity contribution is 0.216. The highest BCUT2D eigenvalue weighted by Crippen LogP contribution is 2.38. The SMILES string of the molecule is CCC(C)(C)NCC(C)N1CC2CCCC2C1. The molecule has 1 N–H and O–H groups in total. The smallest absolute Gasteiger partial charge is 0.0192 e. The van der Waals surface area contributed by atoms with E-state index in [9.17, 15) is 0 Å². The normalized spacial score (nSPS) is 31.8. The standard InChI is InChI=1S/C15H30N2/c1-5-15(3,4)16-9-12(2)17-10-13-7-6-8-14(13)11-17/h12-14,16H,5-11H2,1-4H3. The fraction of sp³-hybridized carbons (Fsp3) is 1.00. The van der Waals surface area contributed by atoms with Crippen molar-refractivity contribution >= 4 is 0 Å². The summed E-state index contributed by atoms with van der Waals surface area (Å²) in [6, 6.07) is 0.700. The number of nitrogens with one attached hydrogen (secondary N) is 1. The Morgan fingerprint density at radius 2 is 1.82 bits per heavy atom. The van der Waals surface area contributed by atoms with E-state index in [1.165, 1.54) is 38.8 Å². The highest BCUT2D eigenvalue weighted by Gasteiger charge is 2.37. The molecule has 0 radical (unpaired) electrons. The first-order valence-corrected chi connectivity index (χ1v) is 7.51. The van der Waals surface area contributed by atoms with Crippen LogP contribution in [0, 0.1) is 11.8 Å². The molecule has 100 valence electrons. The van der Waals surface area contributed by atoms with E-state index in [0.717, 1.165) is 18.4 Å². The van der Waals surface area contributed by atoms with Crippen molar-refractivity contribution in [1.82, 2.24) is 10.2 Å². The van der Waals surface area contributed by atoms with Gasteiger partial charge in [-0.25, -0.2) is 0 Å². The van der Waals surface area contributed by atoms with Crippen LogP contribution in [0.2, 0.25) is 0 Å². The van der Waals surface area contributed by atoms with Crippen LogP contribution >= 0.6 is 0 Å². The molecule has 3 unspecified atom stereocenters. The molecule has 0 aromatic heterocycles. The molecule has 2 heteroatoms. The summed E-state index contributed by atoms with van der Waals surface area (Å²) in [4.78, 5) is 2.72. The molecule has 1 aliphatic carbocycles. The molecular weight excluding hydrogens is 208 g/mol. The van der Waals surface area contributed by atoms with Gasteiger partial charge in [0.05, 0.1) is 0 Å². The number of likely N-dealkylation sites (tertiary alicyclic amines) is 1. The summed E-state index contributed by atoms with van der Waals surface area (Å²) in [6.07, 6.45) is 5.66. The summed E-state index contributed by atoms with van der Waals surface area (Å²) in [5.41, 5.74) is 0.295. The van der Waals surface area contributed by atoms with Gasteiger partial charge in [0.2, 0.25) is 0 Å². The summed E-state index contributed by atoms with van der Waals surface area (Å²) < 4.78 is 0. The van der Waals surface area contributed by atoms with E-state index in [0.29, 0.717) is 11.6 Å². The van der Waals surface area contributed by atoms with Crippen LogP contribution in [-0.4, -0.2) is 36.1 Å². The van der Waals surface area contributed by atoms with E-state index in [1.54, 1.807) is 0 Å². The van der Waals surface area contributed by atoms with Crippen LogP contribution in [-0.2, 0) is 0 Å². The van der Waals surface area contributed by atoms with Gasteiger partial charge in [0, 0.05) is 31.2 Å². The van der Waals surface area contributed by atoms with Gasteiger partial charge in [0.15, 0.2) is 0 Å². The first-order chi connectivity index (χ1) is 8.02. The van der Waals surface area contributed by atoms with Crippen LogP contribution in [0.1, 0.15) is 53.4 Å². The minimum atomic E-state index is 0.295. The predicted molar refractivity (Wildman–Crippen MR) is 74.2 cm³/mol. The van der Waals surface area contributed by atoms with Crippen molar-refractivity contribution in [2.75, 3.05) is 19.6 Å². The minimum Gasteiger partial charge on any atom is -0.310 e. The zero-order valence-electron chi connectivity index (χ0n) is 12.1. The summed E-state index contributed by atoms with van der Waals surface area (Å²) in [5, 5.41) is 3.71. The van der Waals surface area contributed by atoms with Crippen molar-refractivity contribution in [3.05, 3.63) is 0 Å². The average Bonchev–Trinajstić information content (AvgIpc) is 2.86. The monoisotopic (exact) mass is 238 g/mol. The predicted octanol–water partition coefficient (Wildman–Crippen LogP) is 2.89. The molecule has 1 heterocycles. The third-order valence-corrected chi connectivity index (χ3v) is 5.14. The molecule has 2 rings (SSSR count). The van der Waals surface area contributed by atoms with Gasteiger partial charge in [-0.15, -0.1) is 0 Å². The molecule has 2 nitrogen and oxygen atoms in total. The topological polar surface area (TPSA) is 15.3 Å². The van der Waals surface area contributed by atoms with Gasteiger partial charge in [-0.05, 0) is 51.9 Å². The maximum atomic E-state index is 3.71. The lowest BCUT2D eigenvalue weighted by atomic mass is 10.0. The van der Waals surface area contributed by atoms with Crippen LogP contribution in [0.15, 0.2) is 0 Å². The molecule has 2 fully saturated rings. The lowest BCUT2D eigenvalue weighted by Crippen LogP contribution is -2.47. The third-order valence-electron chi connectivity index (χ3n) is 5.14. The maximum Gasteiger partial charge on any atom is 0.0192 e. The Kier molecular flexibility index (Phi) is 4.14. The van der Waals surface area contributed by atoms with Gasteiger partial charge in [0.25, 0.3) is 0 Å². The van der Waals surface area contributed by atoms with Crippen molar-refractivity contribution in [2.24, 2.45) is 11.8 Å². The van der Waals surface area contributed by atoms with E-state index in [1.807, 2.05) is 0 Å². The van der Waals surface area contributed by atoms with E-state index in [2.05, 4.69) is 37.9 Å². The Bertz CT molecular complexity index is 237. The quantitative estimate of drug-likeness (QED) is 0.792. The molecule has 17 heavy (non-hydrogen) atoms. The Hall–Kier alpha value is -0.0800. The Balaban J connectivity index is 1.76. The van der Waals surface area contributed by atoms with Crippen LogP contribution < -0.4 is 5.32 Å². The zero-order valence-corrected chi connectivity index (χ0v) is 12.1. The summed E-state index contributed by atoms with van der Waals surface area (Å²) >= 11 is 0. The van der Waals surface area contributed by atoms with Crippen LogP contribution in [0.25, 0.3) is 0 Å². The highest BCUT2D eigenvalue weighted by molar-refractivity contribution is 4.91. The summed E-state index contributed by atoms with van der Waals surface area (Å²) in [6.45, 7) is 13.1. The Morgan fingerprint density at radius 3 is 2.35 bits per heavy atom. The van der Waals surface area contributed by atoms with E-state index in [4.69, 9.17) is 0 Å².